The Hall–Kier alpha value is -0.650. The molecule has 3 nitrogen and oxygen atoms in total. The van der Waals surface area contributed by atoms with Crippen molar-refractivity contribution in [2.75, 3.05) is 25.5 Å². The molecule has 32 heavy (non-hydrogen) atoms. The van der Waals surface area contributed by atoms with Crippen molar-refractivity contribution >= 4 is 29.4 Å². The van der Waals surface area contributed by atoms with Gasteiger partial charge in [-0.05, 0) is 60.3 Å². The third kappa shape index (κ3) is 9.30. The van der Waals surface area contributed by atoms with E-state index in [1.807, 2.05) is 30.4 Å². The van der Waals surface area contributed by atoms with Gasteiger partial charge in [0.1, 0.15) is 0 Å². The van der Waals surface area contributed by atoms with E-state index in [0.29, 0.717) is 22.8 Å². The molecule has 2 unspecified atom stereocenters. The molecule has 0 aliphatic heterocycles. The maximum atomic E-state index is 12.3. The molecule has 2 atom stereocenters. The zero-order valence-electron chi connectivity index (χ0n) is 21.4. The topological polar surface area (TPSA) is 38.3 Å². The first-order valence-electron chi connectivity index (χ1n) is 12.3. The van der Waals surface area contributed by atoms with E-state index in [0.717, 1.165) is 19.6 Å². The Kier molecular flexibility index (Phi) is 11.0. The molecule has 1 aliphatic carbocycles. The Labute approximate surface area is 205 Å². The van der Waals surface area contributed by atoms with Gasteiger partial charge in [0.05, 0.1) is 5.75 Å². The van der Waals surface area contributed by atoms with Crippen LogP contribution in [0.25, 0.3) is 0 Å². The third-order valence-electron chi connectivity index (χ3n) is 5.99. The highest BCUT2D eigenvalue weighted by Gasteiger charge is 2.28. The maximum absolute atomic E-state index is 12.3. The highest BCUT2D eigenvalue weighted by Crippen LogP contribution is 2.41. The second-order valence-electron chi connectivity index (χ2n) is 10.9. The number of rotatable bonds is 10. The highest BCUT2D eigenvalue weighted by molar-refractivity contribution is 8.04. The second kappa shape index (κ2) is 12.7. The van der Waals surface area contributed by atoms with E-state index in [4.69, 9.17) is 4.74 Å². The first kappa shape index (κ1) is 27.6. The predicted molar refractivity (Wildman–Crippen MR) is 142 cm³/mol. The van der Waals surface area contributed by atoms with Gasteiger partial charge in [0.15, 0.2) is 0 Å². The predicted octanol–water partition coefficient (Wildman–Crippen LogP) is 6.96. The maximum Gasteiger partial charge on any atom is 0.230 e. The van der Waals surface area contributed by atoms with Gasteiger partial charge in [-0.2, -0.15) is 0 Å². The third-order valence-corrected chi connectivity index (χ3v) is 8.96. The molecule has 5 heteroatoms. The SMILES string of the molecule is CCOCCCNC(=O)CSC1CCCCC1Sc1cc(C(C)(C)C)cc(C(C)(C)C)c1. The zero-order chi connectivity index (χ0) is 23.8. The van der Waals surface area contributed by atoms with Gasteiger partial charge in [-0.1, -0.05) is 60.5 Å². The number of carbonyl (C=O) groups excluding carboxylic acids is 1. The van der Waals surface area contributed by atoms with Crippen molar-refractivity contribution in [3.63, 3.8) is 0 Å². The van der Waals surface area contributed by atoms with Crippen molar-refractivity contribution in [2.24, 2.45) is 0 Å². The average Bonchev–Trinajstić information content (AvgIpc) is 2.71. The summed E-state index contributed by atoms with van der Waals surface area (Å²) in [6.07, 6.45) is 5.91. The molecule has 1 aromatic rings. The summed E-state index contributed by atoms with van der Waals surface area (Å²) in [7, 11) is 0. The Balaban J connectivity index is 2.01. The summed E-state index contributed by atoms with van der Waals surface area (Å²) in [5.74, 6) is 0.719. The van der Waals surface area contributed by atoms with Crippen LogP contribution in [0.4, 0.5) is 0 Å². The molecule has 0 heterocycles. The number of benzene rings is 1. The first-order valence-corrected chi connectivity index (χ1v) is 14.2. The summed E-state index contributed by atoms with van der Waals surface area (Å²) in [5, 5.41) is 4.16. The number of hydrogen-bond acceptors (Lipinski definition) is 4. The van der Waals surface area contributed by atoms with Crippen LogP contribution in [0.5, 0.6) is 0 Å². The molecule has 0 spiro atoms. The molecular weight excluding hydrogens is 434 g/mol. The molecule has 1 N–H and O–H groups in total. The largest absolute Gasteiger partial charge is 0.382 e. The van der Waals surface area contributed by atoms with Crippen LogP contribution in [0.2, 0.25) is 0 Å². The van der Waals surface area contributed by atoms with Crippen molar-refractivity contribution in [1.82, 2.24) is 5.32 Å². The molecule has 1 aromatic carbocycles. The van der Waals surface area contributed by atoms with Gasteiger partial charge in [0.2, 0.25) is 5.91 Å². The van der Waals surface area contributed by atoms with Crippen molar-refractivity contribution in [3.05, 3.63) is 29.3 Å². The standard InChI is InChI=1S/C27H45NO2S2/c1-8-30-15-11-14-28-25(29)19-31-23-12-9-10-13-24(23)32-22-17-20(26(2,3)4)16-21(18-22)27(5,6)7/h16-18,23-24H,8-15,19H2,1-7H3,(H,28,29). The van der Waals surface area contributed by atoms with Gasteiger partial charge in [0.25, 0.3) is 0 Å². The summed E-state index contributed by atoms with van der Waals surface area (Å²) in [5.41, 5.74) is 3.10. The lowest BCUT2D eigenvalue weighted by molar-refractivity contribution is -0.118. The van der Waals surface area contributed by atoms with E-state index >= 15 is 0 Å². The lowest BCUT2D eigenvalue weighted by Crippen LogP contribution is -2.30. The van der Waals surface area contributed by atoms with E-state index < -0.39 is 0 Å². The van der Waals surface area contributed by atoms with E-state index in [1.54, 1.807) is 0 Å². The normalized spacial score (nSPS) is 19.7. The van der Waals surface area contributed by atoms with Gasteiger partial charge >= 0.3 is 0 Å². The lowest BCUT2D eigenvalue weighted by atomic mass is 9.81. The second-order valence-corrected chi connectivity index (χ2v) is 13.5. The Bertz CT molecular complexity index is 689. The van der Waals surface area contributed by atoms with Crippen LogP contribution in [-0.4, -0.2) is 41.9 Å². The Morgan fingerprint density at radius 3 is 2.16 bits per heavy atom. The summed E-state index contributed by atoms with van der Waals surface area (Å²) < 4.78 is 5.34. The minimum absolute atomic E-state index is 0.136. The minimum atomic E-state index is 0.136. The summed E-state index contributed by atoms with van der Waals surface area (Å²) in [6.45, 7) is 18.0. The van der Waals surface area contributed by atoms with Crippen molar-refractivity contribution in [1.29, 1.82) is 0 Å². The molecule has 1 fully saturated rings. The summed E-state index contributed by atoms with van der Waals surface area (Å²) in [6, 6.07) is 7.20. The van der Waals surface area contributed by atoms with Gasteiger partial charge < -0.3 is 10.1 Å². The van der Waals surface area contributed by atoms with E-state index in [1.165, 1.54) is 41.7 Å². The molecule has 2 rings (SSSR count). The van der Waals surface area contributed by atoms with Crippen LogP contribution in [0, 0.1) is 0 Å². The quantitative estimate of drug-likeness (QED) is 0.368. The number of thioether (sulfide) groups is 2. The van der Waals surface area contributed by atoms with Crippen LogP contribution in [-0.2, 0) is 20.4 Å². The van der Waals surface area contributed by atoms with E-state index in [2.05, 4.69) is 65.1 Å². The molecule has 1 amide bonds. The van der Waals surface area contributed by atoms with E-state index in [9.17, 15) is 4.79 Å². The number of hydrogen-bond donors (Lipinski definition) is 1. The number of ether oxygens (including phenoxy) is 1. The number of carbonyl (C=O) groups is 1. The number of nitrogens with one attached hydrogen (secondary N) is 1. The smallest absolute Gasteiger partial charge is 0.230 e. The average molecular weight is 480 g/mol. The van der Waals surface area contributed by atoms with Crippen molar-refractivity contribution < 1.29 is 9.53 Å². The fraction of sp³-hybridized carbons (Fsp3) is 0.741. The molecule has 0 aromatic heterocycles. The lowest BCUT2D eigenvalue weighted by Gasteiger charge is -2.32. The summed E-state index contributed by atoms with van der Waals surface area (Å²) >= 11 is 3.90. The van der Waals surface area contributed by atoms with Crippen LogP contribution >= 0.6 is 23.5 Å². The van der Waals surface area contributed by atoms with Crippen LogP contribution in [0.3, 0.4) is 0 Å². The van der Waals surface area contributed by atoms with Gasteiger partial charge in [-0.3, -0.25) is 4.79 Å². The fourth-order valence-electron chi connectivity index (χ4n) is 3.88. The fourth-order valence-corrected chi connectivity index (χ4v) is 6.74. The zero-order valence-corrected chi connectivity index (χ0v) is 23.0. The van der Waals surface area contributed by atoms with E-state index in [-0.39, 0.29) is 16.7 Å². The summed E-state index contributed by atoms with van der Waals surface area (Å²) in [4.78, 5) is 13.7. The highest BCUT2D eigenvalue weighted by atomic mass is 32.2. The first-order chi connectivity index (χ1) is 15.0. The number of amides is 1. The molecule has 0 bridgehead atoms. The van der Waals surface area contributed by atoms with Crippen molar-refractivity contribution in [2.45, 2.75) is 107 Å². The molecule has 0 saturated heterocycles. The Morgan fingerprint density at radius 1 is 1.00 bits per heavy atom. The molecule has 1 aliphatic rings. The minimum Gasteiger partial charge on any atom is -0.382 e. The Morgan fingerprint density at radius 2 is 1.59 bits per heavy atom. The monoisotopic (exact) mass is 479 g/mol. The van der Waals surface area contributed by atoms with Crippen LogP contribution in [0.15, 0.2) is 23.1 Å². The van der Waals surface area contributed by atoms with Gasteiger partial charge in [-0.25, -0.2) is 0 Å². The van der Waals surface area contributed by atoms with Crippen molar-refractivity contribution in [3.8, 4) is 0 Å². The molecule has 0 radical (unpaired) electrons. The molecule has 1 saturated carbocycles. The van der Waals surface area contributed by atoms with Crippen LogP contribution in [0.1, 0.15) is 91.7 Å². The molecular formula is C27H45NO2S2. The molecule has 182 valence electrons. The van der Waals surface area contributed by atoms with Gasteiger partial charge in [0, 0.05) is 35.2 Å². The van der Waals surface area contributed by atoms with Crippen LogP contribution < -0.4 is 5.32 Å². The van der Waals surface area contributed by atoms with Gasteiger partial charge in [-0.15, -0.1) is 23.5 Å².